The molecule has 0 unspecified atom stereocenters. The molecule has 0 bridgehead atoms. The molecule has 1 rings (SSSR count). The Morgan fingerprint density at radius 3 is 2.53 bits per heavy atom. The fourth-order valence-corrected chi connectivity index (χ4v) is 1.14. The second kappa shape index (κ2) is 5.76. The van der Waals surface area contributed by atoms with Gasteiger partial charge < -0.3 is 9.84 Å². The molecular formula is C11H11NO5. The quantitative estimate of drug-likeness (QED) is 0.369. The number of methoxy groups -OCH3 is 1. The van der Waals surface area contributed by atoms with Crippen molar-refractivity contribution in [2.45, 2.75) is 6.10 Å². The summed E-state index contributed by atoms with van der Waals surface area (Å²) < 4.78 is 4.36. The van der Waals surface area contributed by atoms with Crippen molar-refractivity contribution < 1.29 is 19.6 Å². The van der Waals surface area contributed by atoms with Gasteiger partial charge in [0.1, 0.15) is 0 Å². The monoisotopic (exact) mass is 237 g/mol. The number of nitro benzene ring substituents is 1. The second-order valence-electron chi connectivity index (χ2n) is 3.18. The van der Waals surface area contributed by atoms with Gasteiger partial charge in [-0.15, -0.1) is 0 Å². The number of aliphatic hydroxyl groups excluding tert-OH is 1. The fraction of sp³-hybridized carbons (Fsp3) is 0.182. The first-order chi connectivity index (χ1) is 8.04. The van der Waals surface area contributed by atoms with Gasteiger partial charge in [-0.2, -0.15) is 0 Å². The predicted molar refractivity (Wildman–Crippen MR) is 59.2 cm³/mol. The smallest absolute Gasteiger partial charge is 0.330 e. The Kier molecular flexibility index (Phi) is 4.36. The van der Waals surface area contributed by atoms with E-state index in [-0.39, 0.29) is 5.69 Å². The predicted octanol–water partition coefficient (Wildman–Crippen LogP) is 1.36. The molecule has 90 valence electrons. The number of nitrogens with zero attached hydrogens (tertiary/aromatic N) is 1. The van der Waals surface area contributed by atoms with Gasteiger partial charge in [-0.1, -0.05) is 0 Å². The Hall–Kier alpha value is -2.21. The summed E-state index contributed by atoms with van der Waals surface area (Å²) in [5, 5.41) is 20.0. The number of non-ortho nitro benzene ring substituents is 1. The van der Waals surface area contributed by atoms with Crippen LogP contribution in [0.1, 0.15) is 11.7 Å². The number of aliphatic hydroxyl groups is 1. The summed E-state index contributed by atoms with van der Waals surface area (Å²) in [5.74, 6) is -0.578. The molecule has 17 heavy (non-hydrogen) atoms. The lowest BCUT2D eigenvalue weighted by Crippen LogP contribution is -1.98. The first-order valence-corrected chi connectivity index (χ1v) is 4.73. The maximum absolute atomic E-state index is 10.8. The molecule has 0 heterocycles. The highest BCUT2D eigenvalue weighted by Crippen LogP contribution is 2.18. The van der Waals surface area contributed by atoms with Gasteiger partial charge in [-0.25, -0.2) is 4.79 Å². The average molecular weight is 237 g/mol. The third kappa shape index (κ3) is 3.69. The molecule has 0 saturated carbocycles. The number of esters is 1. The molecule has 0 aliphatic carbocycles. The number of benzene rings is 1. The summed E-state index contributed by atoms with van der Waals surface area (Å²) in [4.78, 5) is 20.7. The number of carbonyl (C=O) groups is 1. The molecule has 0 amide bonds. The third-order valence-electron chi connectivity index (χ3n) is 2.06. The largest absolute Gasteiger partial charge is 0.466 e. The van der Waals surface area contributed by atoms with Gasteiger partial charge in [0, 0.05) is 18.2 Å². The topological polar surface area (TPSA) is 89.7 Å². The van der Waals surface area contributed by atoms with E-state index < -0.39 is 17.0 Å². The highest BCUT2D eigenvalue weighted by molar-refractivity contribution is 5.81. The molecule has 0 radical (unpaired) electrons. The minimum absolute atomic E-state index is 0.0575. The second-order valence-corrected chi connectivity index (χ2v) is 3.18. The van der Waals surface area contributed by atoms with Gasteiger partial charge in [-0.05, 0) is 23.8 Å². The van der Waals surface area contributed by atoms with E-state index in [1.807, 2.05) is 0 Å². The summed E-state index contributed by atoms with van der Waals surface area (Å²) in [6, 6.07) is 5.41. The molecule has 0 saturated heterocycles. The van der Waals surface area contributed by atoms with Crippen LogP contribution in [0.3, 0.4) is 0 Å². The zero-order chi connectivity index (χ0) is 12.8. The van der Waals surface area contributed by atoms with Gasteiger partial charge in [0.05, 0.1) is 18.1 Å². The van der Waals surface area contributed by atoms with E-state index in [0.29, 0.717) is 5.56 Å². The van der Waals surface area contributed by atoms with Crippen molar-refractivity contribution >= 4 is 11.7 Å². The van der Waals surface area contributed by atoms with E-state index in [4.69, 9.17) is 0 Å². The van der Waals surface area contributed by atoms with Crippen LogP contribution in [0.5, 0.6) is 0 Å². The van der Waals surface area contributed by atoms with Crippen LogP contribution in [0, 0.1) is 10.1 Å². The molecule has 6 heteroatoms. The van der Waals surface area contributed by atoms with Crippen molar-refractivity contribution in [3.05, 3.63) is 52.1 Å². The van der Waals surface area contributed by atoms with Gasteiger partial charge in [-0.3, -0.25) is 10.1 Å². The molecule has 0 aromatic heterocycles. The van der Waals surface area contributed by atoms with Crippen LogP contribution < -0.4 is 0 Å². The van der Waals surface area contributed by atoms with Crippen LogP contribution in [0.4, 0.5) is 5.69 Å². The number of nitro groups is 1. The molecule has 0 fully saturated rings. The molecule has 1 N–H and O–H groups in total. The summed E-state index contributed by atoms with van der Waals surface area (Å²) in [7, 11) is 1.23. The van der Waals surface area contributed by atoms with E-state index in [0.717, 1.165) is 6.08 Å². The normalized spacial score (nSPS) is 12.4. The molecule has 0 aliphatic rings. The van der Waals surface area contributed by atoms with Gasteiger partial charge in [0.2, 0.25) is 0 Å². The first-order valence-electron chi connectivity index (χ1n) is 4.73. The number of rotatable bonds is 4. The standard InChI is InChI=1S/C11H11NO5/c1-17-11(14)7-6-10(13)8-2-4-9(5-3-8)12(15)16/h2-7,10,13H,1H3/t10-/m0/s1. The zero-order valence-corrected chi connectivity index (χ0v) is 9.07. The van der Waals surface area contributed by atoms with Crippen LogP contribution in [-0.2, 0) is 9.53 Å². The maximum Gasteiger partial charge on any atom is 0.330 e. The van der Waals surface area contributed by atoms with Crippen molar-refractivity contribution in [1.82, 2.24) is 0 Å². The Morgan fingerprint density at radius 1 is 1.47 bits per heavy atom. The Morgan fingerprint density at radius 2 is 2.06 bits per heavy atom. The zero-order valence-electron chi connectivity index (χ0n) is 9.07. The first kappa shape index (κ1) is 12.9. The summed E-state index contributed by atoms with van der Waals surface area (Å²) >= 11 is 0. The molecule has 0 aliphatic heterocycles. The van der Waals surface area contributed by atoms with Crippen molar-refractivity contribution in [3.8, 4) is 0 Å². The van der Waals surface area contributed by atoms with Gasteiger partial charge >= 0.3 is 5.97 Å². The SMILES string of the molecule is COC(=O)C=C[C@H](O)c1ccc([N+](=O)[O-])cc1. The van der Waals surface area contributed by atoms with E-state index in [2.05, 4.69) is 4.74 Å². The van der Waals surface area contributed by atoms with Crippen LogP contribution >= 0.6 is 0 Å². The van der Waals surface area contributed by atoms with Gasteiger partial charge in [0.15, 0.2) is 0 Å². The van der Waals surface area contributed by atoms with E-state index in [1.54, 1.807) is 0 Å². The van der Waals surface area contributed by atoms with Crippen LogP contribution in [0.25, 0.3) is 0 Å². The van der Waals surface area contributed by atoms with Crippen molar-refractivity contribution in [2.75, 3.05) is 7.11 Å². The van der Waals surface area contributed by atoms with Crippen molar-refractivity contribution in [3.63, 3.8) is 0 Å². The van der Waals surface area contributed by atoms with Crippen molar-refractivity contribution in [2.24, 2.45) is 0 Å². The Balaban J connectivity index is 2.76. The molecule has 1 aromatic carbocycles. The number of hydrogen-bond donors (Lipinski definition) is 1. The number of carbonyl (C=O) groups excluding carboxylic acids is 1. The summed E-state index contributed by atoms with van der Waals surface area (Å²) in [5.41, 5.74) is 0.397. The Bertz CT molecular complexity index is 438. The van der Waals surface area contributed by atoms with E-state index >= 15 is 0 Å². The fourth-order valence-electron chi connectivity index (χ4n) is 1.14. The number of hydrogen-bond acceptors (Lipinski definition) is 5. The van der Waals surface area contributed by atoms with Crippen LogP contribution in [0.15, 0.2) is 36.4 Å². The van der Waals surface area contributed by atoms with Crippen LogP contribution in [0.2, 0.25) is 0 Å². The maximum atomic E-state index is 10.8. The van der Waals surface area contributed by atoms with Gasteiger partial charge in [0.25, 0.3) is 5.69 Å². The third-order valence-corrected chi connectivity index (χ3v) is 2.06. The highest BCUT2D eigenvalue weighted by Gasteiger charge is 2.08. The lowest BCUT2D eigenvalue weighted by Gasteiger charge is -2.04. The number of ether oxygens (including phenoxy) is 1. The Labute approximate surface area is 97.3 Å². The molecule has 1 atom stereocenters. The average Bonchev–Trinajstić information content (AvgIpc) is 2.35. The summed E-state index contributed by atoms with van der Waals surface area (Å²) in [6.07, 6.45) is 1.33. The van der Waals surface area contributed by atoms with Crippen molar-refractivity contribution in [1.29, 1.82) is 0 Å². The molecule has 1 aromatic rings. The molecular weight excluding hydrogens is 226 g/mol. The molecule has 6 nitrogen and oxygen atoms in total. The van der Waals surface area contributed by atoms with Crippen LogP contribution in [-0.4, -0.2) is 23.1 Å². The minimum Gasteiger partial charge on any atom is -0.466 e. The molecule has 0 spiro atoms. The lowest BCUT2D eigenvalue weighted by atomic mass is 10.1. The highest BCUT2D eigenvalue weighted by atomic mass is 16.6. The van der Waals surface area contributed by atoms with E-state index in [9.17, 15) is 20.0 Å². The minimum atomic E-state index is -1.00. The summed E-state index contributed by atoms with van der Waals surface area (Å²) in [6.45, 7) is 0. The van der Waals surface area contributed by atoms with E-state index in [1.165, 1.54) is 37.5 Å². The lowest BCUT2D eigenvalue weighted by molar-refractivity contribution is -0.384.